The molecule has 2 aromatic carbocycles. The van der Waals surface area contributed by atoms with E-state index in [0.717, 1.165) is 0 Å². The lowest BCUT2D eigenvalue weighted by Crippen LogP contribution is -2.04. The molecule has 3 rings (SSSR count). The van der Waals surface area contributed by atoms with Crippen molar-refractivity contribution in [3.05, 3.63) is 52.8 Å². The number of nitrogen functional groups attached to an aromatic ring is 1. The monoisotopic (exact) mass is 303 g/mol. The Labute approximate surface area is 125 Å². The second-order valence-electron chi connectivity index (χ2n) is 4.55. The quantitative estimate of drug-likeness (QED) is 0.739. The summed E-state index contributed by atoms with van der Waals surface area (Å²) in [6.07, 6.45) is 0. The van der Waals surface area contributed by atoms with Gasteiger partial charge in [-0.1, -0.05) is 17.7 Å². The van der Waals surface area contributed by atoms with Crippen LogP contribution in [0, 0.1) is 12.7 Å². The number of anilines is 1. The molecule has 0 spiro atoms. The summed E-state index contributed by atoms with van der Waals surface area (Å²) in [5.74, 6) is 0.137. The zero-order valence-corrected chi connectivity index (χ0v) is 11.8. The highest BCUT2D eigenvalue weighted by Gasteiger charge is 2.16. The van der Waals surface area contributed by atoms with Gasteiger partial charge >= 0.3 is 0 Å². The number of rotatable bonds is 2. The van der Waals surface area contributed by atoms with Gasteiger partial charge in [-0.2, -0.15) is 4.68 Å². The average Bonchev–Trinajstić information content (AvgIpc) is 2.91. The molecule has 1 heterocycles. The van der Waals surface area contributed by atoms with Crippen LogP contribution in [-0.4, -0.2) is 20.2 Å². The highest BCUT2D eigenvalue weighted by Crippen LogP contribution is 2.31. The Bertz CT molecular complexity index is 815. The van der Waals surface area contributed by atoms with Crippen LogP contribution in [0.4, 0.5) is 10.1 Å². The van der Waals surface area contributed by atoms with E-state index in [4.69, 9.17) is 17.3 Å². The number of aromatic nitrogens is 4. The molecule has 0 aliphatic rings. The summed E-state index contributed by atoms with van der Waals surface area (Å²) >= 11 is 6.03. The Morgan fingerprint density at radius 3 is 2.81 bits per heavy atom. The molecule has 2 N–H and O–H groups in total. The normalized spacial score (nSPS) is 10.8. The maximum absolute atomic E-state index is 13.2. The van der Waals surface area contributed by atoms with E-state index in [1.54, 1.807) is 31.2 Å². The standard InChI is InChI=1S/C14H11ClFN5/c1-8-7-9(16)5-6-12(8)21-14(18-19-20-21)10-3-2-4-11(15)13(10)17/h2-7H,17H2,1H3. The van der Waals surface area contributed by atoms with Gasteiger partial charge in [0.25, 0.3) is 0 Å². The molecular formula is C14H11ClFN5. The van der Waals surface area contributed by atoms with Crippen LogP contribution in [0.3, 0.4) is 0 Å². The van der Waals surface area contributed by atoms with E-state index in [-0.39, 0.29) is 5.82 Å². The summed E-state index contributed by atoms with van der Waals surface area (Å²) in [6.45, 7) is 1.78. The molecule has 0 radical (unpaired) electrons. The fraction of sp³-hybridized carbons (Fsp3) is 0.0714. The van der Waals surface area contributed by atoms with Crippen LogP contribution in [0.2, 0.25) is 5.02 Å². The third kappa shape index (κ3) is 2.34. The Kier molecular flexibility index (Phi) is 3.31. The van der Waals surface area contributed by atoms with Gasteiger partial charge in [0, 0.05) is 5.56 Å². The maximum Gasteiger partial charge on any atom is 0.189 e. The molecule has 7 heteroatoms. The van der Waals surface area contributed by atoms with Crippen LogP contribution < -0.4 is 5.73 Å². The van der Waals surface area contributed by atoms with Crippen molar-refractivity contribution in [3.63, 3.8) is 0 Å². The second-order valence-corrected chi connectivity index (χ2v) is 4.95. The van der Waals surface area contributed by atoms with Gasteiger partial charge in [-0.05, 0) is 53.2 Å². The smallest absolute Gasteiger partial charge is 0.189 e. The van der Waals surface area contributed by atoms with E-state index in [2.05, 4.69) is 15.5 Å². The molecule has 0 unspecified atom stereocenters. The molecule has 0 fully saturated rings. The molecule has 0 saturated heterocycles. The zero-order chi connectivity index (χ0) is 15.0. The molecule has 5 nitrogen and oxygen atoms in total. The Balaban J connectivity index is 2.20. The number of hydrogen-bond donors (Lipinski definition) is 1. The van der Waals surface area contributed by atoms with E-state index in [1.807, 2.05) is 0 Å². The average molecular weight is 304 g/mol. The number of para-hydroxylation sites is 1. The first-order chi connectivity index (χ1) is 10.1. The lowest BCUT2D eigenvalue weighted by molar-refractivity contribution is 0.625. The first-order valence-electron chi connectivity index (χ1n) is 6.17. The van der Waals surface area contributed by atoms with Crippen LogP contribution >= 0.6 is 11.6 Å². The van der Waals surface area contributed by atoms with Crippen molar-refractivity contribution in [2.24, 2.45) is 0 Å². The van der Waals surface area contributed by atoms with E-state index in [9.17, 15) is 4.39 Å². The number of halogens is 2. The summed E-state index contributed by atoms with van der Waals surface area (Å²) in [5, 5.41) is 12.1. The number of tetrazole rings is 1. The van der Waals surface area contributed by atoms with Crippen LogP contribution in [0.5, 0.6) is 0 Å². The molecule has 1 aromatic heterocycles. The summed E-state index contributed by atoms with van der Waals surface area (Å²) in [6, 6.07) is 9.63. The fourth-order valence-corrected chi connectivity index (χ4v) is 2.28. The van der Waals surface area contributed by atoms with Crippen molar-refractivity contribution in [3.8, 4) is 17.1 Å². The molecule has 0 aliphatic carbocycles. The van der Waals surface area contributed by atoms with Gasteiger partial charge in [-0.3, -0.25) is 0 Å². The van der Waals surface area contributed by atoms with E-state index in [1.165, 1.54) is 16.8 Å². The first-order valence-corrected chi connectivity index (χ1v) is 6.55. The largest absolute Gasteiger partial charge is 0.397 e. The summed E-state index contributed by atoms with van der Waals surface area (Å²) in [7, 11) is 0. The molecule has 3 aromatic rings. The minimum Gasteiger partial charge on any atom is -0.397 e. The van der Waals surface area contributed by atoms with Crippen LogP contribution in [0.1, 0.15) is 5.56 Å². The lowest BCUT2D eigenvalue weighted by atomic mass is 10.1. The molecule has 0 bridgehead atoms. The van der Waals surface area contributed by atoms with Crippen molar-refractivity contribution in [1.29, 1.82) is 0 Å². The molecular weight excluding hydrogens is 293 g/mol. The lowest BCUT2D eigenvalue weighted by Gasteiger charge is -2.10. The minimum atomic E-state index is -0.312. The van der Waals surface area contributed by atoms with Crippen LogP contribution in [0.15, 0.2) is 36.4 Å². The summed E-state index contributed by atoms with van der Waals surface area (Å²) in [5.41, 5.74) is 8.39. The molecule has 0 saturated carbocycles. The molecule has 106 valence electrons. The predicted molar refractivity (Wildman–Crippen MR) is 78.7 cm³/mol. The molecule has 0 aliphatic heterocycles. The molecule has 0 amide bonds. The van der Waals surface area contributed by atoms with Gasteiger partial charge in [0.1, 0.15) is 5.82 Å². The molecule has 21 heavy (non-hydrogen) atoms. The van der Waals surface area contributed by atoms with Crippen molar-refractivity contribution >= 4 is 17.3 Å². The summed E-state index contributed by atoms with van der Waals surface area (Å²) < 4.78 is 14.7. The van der Waals surface area contributed by atoms with E-state index in [0.29, 0.717) is 33.3 Å². The van der Waals surface area contributed by atoms with Gasteiger partial charge in [-0.25, -0.2) is 4.39 Å². The van der Waals surface area contributed by atoms with Gasteiger partial charge in [0.2, 0.25) is 0 Å². The van der Waals surface area contributed by atoms with E-state index >= 15 is 0 Å². The van der Waals surface area contributed by atoms with Gasteiger partial charge < -0.3 is 5.73 Å². The van der Waals surface area contributed by atoms with Crippen molar-refractivity contribution in [2.45, 2.75) is 6.92 Å². The highest BCUT2D eigenvalue weighted by molar-refractivity contribution is 6.33. The zero-order valence-electron chi connectivity index (χ0n) is 11.1. The maximum atomic E-state index is 13.2. The third-order valence-electron chi connectivity index (χ3n) is 3.15. The number of nitrogens with zero attached hydrogens (tertiary/aromatic N) is 4. The number of nitrogens with two attached hydrogens (primary N) is 1. The van der Waals surface area contributed by atoms with Crippen molar-refractivity contribution in [2.75, 3.05) is 5.73 Å². The third-order valence-corrected chi connectivity index (χ3v) is 3.48. The highest BCUT2D eigenvalue weighted by atomic mass is 35.5. The fourth-order valence-electron chi connectivity index (χ4n) is 2.11. The van der Waals surface area contributed by atoms with Crippen LogP contribution in [0.25, 0.3) is 17.1 Å². The van der Waals surface area contributed by atoms with Crippen molar-refractivity contribution < 1.29 is 4.39 Å². The summed E-state index contributed by atoms with van der Waals surface area (Å²) in [4.78, 5) is 0. The Morgan fingerprint density at radius 1 is 1.24 bits per heavy atom. The SMILES string of the molecule is Cc1cc(F)ccc1-n1nnnc1-c1cccc(Cl)c1N. The number of aryl methyl sites for hydroxylation is 1. The van der Waals surface area contributed by atoms with Gasteiger partial charge in [0.15, 0.2) is 5.82 Å². The Hall–Kier alpha value is -2.47. The second kappa shape index (κ2) is 5.14. The van der Waals surface area contributed by atoms with Gasteiger partial charge in [0.05, 0.1) is 16.4 Å². The first kappa shape index (κ1) is 13.5. The van der Waals surface area contributed by atoms with Crippen LogP contribution in [-0.2, 0) is 0 Å². The Morgan fingerprint density at radius 2 is 2.05 bits per heavy atom. The topological polar surface area (TPSA) is 69.6 Å². The number of benzene rings is 2. The van der Waals surface area contributed by atoms with Crippen molar-refractivity contribution in [1.82, 2.24) is 20.2 Å². The van der Waals surface area contributed by atoms with Gasteiger partial charge in [-0.15, -0.1) is 5.10 Å². The molecule has 0 atom stereocenters. The predicted octanol–water partition coefficient (Wildman–Crippen LogP) is 3.01. The minimum absolute atomic E-state index is 0.312. The van der Waals surface area contributed by atoms with E-state index < -0.39 is 0 Å². The number of hydrogen-bond acceptors (Lipinski definition) is 4.